The molecule has 1 unspecified atom stereocenters. The van der Waals surface area contributed by atoms with Gasteiger partial charge in [0.25, 0.3) is 0 Å². The van der Waals surface area contributed by atoms with E-state index < -0.39 is 28.0 Å². The number of nitrogens with two attached hydrogens (primary N) is 2. The number of carboxylic acids is 1. The van der Waals surface area contributed by atoms with Gasteiger partial charge in [0.15, 0.2) is 9.84 Å². The molecule has 1 aliphatic rings. The maximum atomic E-state index is 12.9. The van der Waals surface area contributed by atoms with E-state index >= 15 is 0 Å². The number of hydrogen-bond donors (Lipinski definition) is 5. The lowest BCUT2D eigenvalue weighted by Gasteiger charge is -2.16. The first kappa shape index (κ1) is 30.1. The van der Waals surface area contributed by atoms with Crippen molar-refractivity contribution in [2.75, 3.05) is 18.2 Å². The van der Waals surface area contributed by atoms with Gasteiger partial charge in [-0.2, -0.15) is 13.2 Å². The third kappa shape index (κ3) is 7.38. The van der Waals surface area contributed by atoms with Crippen LogP contribution >= 0.6 is 22.9 Å². The molecule has 0 aliphatic carbocycles. The van der Waals surface area contributed by atoms with Crippen molar-refractivity contribution in [3.8, 4) is 0 Å². The summed E-state index contributed by atoms with van der Waals surface area (Å²) >= 11 is 7.56. The fraction of sp³-hybridized carbons (Fsp3) is 0.261. The number of fused-ring (bicyclic) bond motifs is 1. The average Bonchev–Trinajstić information content (AvgIpc) is 3.47. The van der Waals surface area contributed by atoms with Crippen LogP contribution in [-0.4, -0.2) is 60.8 Å². The summed E-state index contributed by atoms with van der Waals surface area (Å²) in [6.07, 6.45) is -4.56. The molecule has 0 bridgehead atoms. The van der Waals surface area contributed by atoms with Gasteiger partial charge in [0.1, 0.15) is 11.7 Å². The van der Waals surface area contributed by atoms with E-state index in [1.165, 1.54) is 17.4 Å². The van der Waals surface area contributed by atoms with Gasteiger partial charge in [-0.1, -0.05) is 23.7 Å². The highest BCUT2D eigenvalue weighted by molar-refractivity contribution is 7.91. The maximum absolute atomic E-state index is 12.9. The van der Waals surface area contributed by atoms with Crippen molar-refractivity contribution in [3.63, 3.8) is 0 Å². The number of nitrogens with one attached hydrogen (secondary N) is 2. The van der Waals surface area contributed by atoms with E-state index in [1.807, 2.05) is 5.38 Å². The van der Waals surface area contributed by atoms with E-state index in [1.54, 1.807) is 35.2 Å². The van der Waals surface area contributed by atoms with Crippen LogP contribution < -0.4 is 16.8 Å². The van der Waals surface area contributed by atoms with E-state index in [0.717, 1.165) is 5.56 Å². The van der Waals surface area contributed by atoms with Gasteiger partial charge < -0.3 is 21.5 Å². The number of amidine groups is 1. The number of amides is 1. The summed E-state index contributed by atoms with van der Waals surface area (Å²) in [7, 11) is -3.66. The highest BCUT2D eigenvalue weighted by Gasteiger charge is 2.38. The smallest absolute Gasteiger partial charge is 0.475 e. The summed E-state index contributed by atoms with van der Waals surface area (Å²) in [5, 5.41) is 21.1. The van der Waals surface area contributed by atoms with E-state index in [2.05, 4.69) is 5.32 Å². The summed E-state index contributed by atoms with van der Waals surface area (Å²) in [6.45, 7) is 0.930. The van der Waals surface area contributed by atoms with Crippen LogP contribution in [0.15, 0.2) is 46.7 Å². The van der Waals surface area contributed by atoms with Gasteiger partial charge in [-0.05, 0) is 47.0 Å². The number of thiophene rings is 1. The topological polar surface area (TPSA) is 180 Å². The number of hydrogen-bond acceptors (Lipinski definition) is 8. The molecule has 210 valence electrons. The highest BCUT2D eigenvalue weighted by atomic mass is 35.5. The largest absolute Gasteiger partial charge is 0.490 e. The molecule has 0 spiro atoms. The SMILES string of the molecule is N=C(N)c1cc(CN2CCC(NCS(=O)(=O)c3ccc4c(Cl)c(N)ccc4c3)C2=O)cs1.O=C(O)C(F)(F)F. The van der Waals surface area contributed by atoms with Crippen molar-refractivity contribution in [1.82, 2.24) is 10.2 Å². The van der Waals surface area contributed by atoms with Crippen molar-refractivity contribution in [1.29, 1.82) is 5.41 Å². The first-order valence-corrected chi connectivity index (χ1v) is 14.0. The molecule has 1 fully saturated rings. The molecule has 1 amide bonds. The molecule has 0 saturated carbocycles. The Morgan fingerprint density at radius 3 is 2.51 bits per heavy atom. The molecule has 0 radical (unpaired) electrons. The van der Waals surface area contributed by atoms with Crippen LogP contribution in [0.5, 0.6) is 0 Å². The number of sulfone groups is 1. The normalized spacial score (nSPS) is 15.7. The molecule has 2 aromatic carbocycles. The number of rotatable bonds is 7. The molecule has 1 saturated heterocycles. The van der Waals surface area contributed by atoms with Crippen LogP contribution in [0.3, 0.4) is 0 Å². The number of carbonyl (C=O) groups is 2. The number of likely N-dealkylation sites (tertiary alicyclic amines) is 1. The molecular weight excluding hydrogens is 583 g/mol. The lowest BCUT2D eigenvalue weighted by atomic mass is 10.1. The quantitative estimate of drug-likeness (QED) is 0.155. The zero-order chi connectivity index (χ0) is 29.1. The Bertz CT molecular complexity index is 1530. The van der Waals surface area contributed by atoms with Gasteiger partial charge in [0.2, 0.25) is 5.91 Å². The summed E-state index contributed by atoms with van der Waals surface area (Å²) < 4.78 is 57.4. The van der Waals surface area contributed by atoms with Crippen molar-refractivity contribution in [2.24, 2.45) is 5.73 Å². The maximum Gasteiger partial charge on any atom is 0.490 e. The number of carboxylic acid groups (broad SMARTS) is 1. The van der Waals surface area contributed by atoms with Gasteiger partial charge in [-0.15, -0.1) is 11.3 Å². The zero-order valence-electron chi connectivity index (χ0n) is 20.0. The van der Waals surface area contributed by atoms with Crippen molar-refractivity contribution < 1.29 is 36.3 Å². The third-order valence-corrected chi connectivity index (χ3v) is 8.62. The van der Waals surface area contributed by atoms with Gasteiger partial charge in [0.05, 0.1) is 26.5 Å². The molecule has 4 rings (SSSR count). The predicted octanol–water partition coefficient (Wildman–Crippen LogP) is 3.18. The average molecular weight is 606 g/mol. The van der Waals surface area contributed by atoms with Gasteiger partial charge in [-0.3, -0.25) is 15.5 Å². The van der Waals surface area contributed by atoms with Gasteiger partial charge >= 0.3 is 12.1 Å². The van der Waals surface area contributed by atoms with Crippen LogP contribution in [0, 0.1) is 5.41 Å². The summed E-state index contributed by atoms with van der Waals surface area (Å²) in [6, 6.07) is 9.29. The van der Waals surface area contributed by atoms with E-state index in [4.69, 9.17) is 38.4 Å². The Hall–Kier alpha value is -3.40. The predicted molar refractivity (Wildman–Crippen MR) is 141 cm³/mol. The Kier molecular flexibility index (Phi) is 9.10. The van der Waals surface area contributed by atoms with E-state index in [0.29, 0.717) is 45.9 Å². The highest BCUT2D eigenvalue weighted by Crippen LogP contribution is 2.31. The fourth-order valence-electron chi connectivity index (χ4n) is 3.68. The van der Waals surface area contributed by atoms with Gasteiger partial charge in [-0.25, -0.2) is 13.2 Å². The second-order valence-corrected chi connectivity index (χ2v) is 11.7. The summed E-state index contributed by atoms with van der Waals surface area (Å²) in [5.41, 5.74) is 12.6. The van der Waals surface area contributed by atoms with Gasteiger partial charge in [0, 0.05) is 18.5 Å². The van der Waals surface area contributed by atoms with Crippen LogP contribution in [0.1, 0.15) is 16.9 Å². The monoisotopic (exact) mass is 605 g/mol. The number of nitrogens with zero attached hydrogens (tertiary/aromatic N) is 1. The fourth-order valence-corrected chi connectivity index (χ4v) is 5.85. The van der Waals surface area contributed by atoms with E-state index in [9.17, 15) is 26.4 Å². The molecule has 7 N–H and O–H groups in total. The minimum Gasteiger partial charge on any atom is -0.475 e. The third-order valence-electron chi connectivity index (χ3n) is 5.67. The van der Waals surface area contributed by atoms with Crippen LogP contribution in [0.25, 0.3) is 10.8 Å². The Morgan fingerprint density at radius 1 is 1.26 bits per heavy atom. The number of carbonyl (C=O) groups excluding carboxylic acids is 1. The first-order chi connectivity index (χ1) is 18.1. The van der Waals surface area contributed by atoms with Crippen LogP contribution in [0.4, 0.5) is 18.9 Å². The number of halogens is 4. The Balaban J connectivity index is 0.000000532. The Labute approximate surface area is 229 Å². The van der Waals surface area contributed by atoms with Crippen molar-refractivity contribution in [3.05, 3.63) is 57.2 Å². The number of aliphatic carboxylic acids is 1. The summed E-state index contributed by atoms with van der Waals surface area (Å²) in [4.78, 5) is 24.1. The first-order valence-electron chi connectivity index (χ1n) is 11.0. The number of nitrogen functional groups attached to an aromatic ring is 2. The second kappa shape index (κ2) is 11.8. The number of alkyl halides is 3. The van der Waals surface area contributed by atoms with E-state index in [-0.39, 0.29) is 22.5 Å². The molecule has 10 nitrogen and oxygen atoms in total. The molecule has 3 aromatic rings. The van der Waals surface area contributed by atoms with Crippen LogP contribution in [0.2, 0.25) is 5.02 Å². The molecule has 1 aromatic heterocycles. The molecular formula is C23H23ClF3N5O5S2. The lowest BCUT2D eigenvalue weighted by Crippen LogP contribution is -2.40. The molecule has 1 aliphatic heterocycles. The second-order valence-electron chi connectivity index (χ2n) is 8.45. The molecule has 16 heteroatoms. The van der Waals surface area contributed by atoms with Crippen molar-refractivity contribution in [2.45, 2.75) is 30.1 Å². The lowest BCUT2D eigenvalue weighted by molar-refractivity contribution is -0.192. The minimum atomic E-state index is -5.08. The summed E-state index contributed by atoms with van der Waals surface area (Å²) in [5.74, 6) is -3.25. The van der Waals surface area contributed by atoms with Crippen LogP contribution in [-0.2, 0) is 26.0 Å². The molecule has 2 heterocycles. The minimum absolute atomic E-state index is 0.00169. The number of anilines is 1. The van der Waals surface area contributed by atoms with Crippen molar-refractivity contribution >= 4 is 66.9 Å². The zero-order valence-corrected chi connectivity index (χ0v) is 22.3. The standard InChI is InChI=1S/C21H22ClN5O3S2.C2HF3O2/c22-19-15-3-2-14(8-13(15)1-4-16(19)23)32(29,30)11-26-17-5-6-27(21(17)28)9-12-7-18(20(24)25)31-10-12;3-2(4,5)1(6)7/h1-4,7-8,10,17,26H,5-6,9,11,23H2,(H3,24,25);(H,6,7). The molecule has 1 atom stereocenters. The Morgan fingerprint density at radius 2 is 1.92 bits per heavy atom. The molecule has 39 heavy (non-hydrogen) atoms. The number of benzene rings is 2.